The maximum atomic E-state index is 12.0. The Bertz CT molecular complexity index is 289. The van der Waals surface area contributed by atoms with Crippen molar-refractivity contribution in [2.45, 2.75) is 52.9 Å². The second-order valence-corrected chi connectivity index (χ2v) is 6.71. The van der Waals surface area contributed by atoms with Crippen LogP contribution in [0.1, 0.15) is 52.9 Å². The molecule has 4 unspecified atom stereocenters. The number of likely N-dealkylation sites (tertiary alicyclic amines) is 1. The number of carbonyl (C=O) groups excluding carboxylic acids is 1. The molecule has 2 rings (SSSR count). The Morgan fingerprint density at radius 1 is 1.22 bits per heavy atom. The summed E-state index contributed by atoms with van der Waals surface area (Å²) in [5, 5.41) is 0. The van der Waals surface area contributed by atoms with Gasteiger partial charge in [-0.05, 0) is 43.6 Å². The van der Waals surface area contributed by atoms with Gasteiger partial charge in [-0.3, -0.25) is 4.79 Å². The third-order valence-corrected chi connectivity index (χ3v) is 5.35. The standard InChI is InChI=1S/C16H29NO/c1-4-14-5-6-16(18)15(9-14)11-17-8-7-12(2)13(3)10-17/h12-15H,4-11H2,1-3H3. The van der Waals surface area contributed by atoms with E-state index in [1.807, 2.05) is 0 Å². The quantitative estimate of drug-likeness (QED) is 0.766. The molecule has 0 spiro atoms. The van der Waals surface area contributed by atoms with Crippen LogP contribution in [0.2, 0.25) is 0 Å². The van der Waals surface area contributed by atoms with Crippen molar-refractivity contribution in [3.05, 3.63) is 0 Å². The molecule has 0 aromatic heterocycles. The maximum absolute atomic E-state index is 12.0. The number of carbonyl (C=O) groups is 1. The number of hydrogen-bond donors (Lipinski definition) is 0. The molecule has 0 N–H and O–H groups in total. The molecule has 2 fully saturated rings. The monoisotopic (exact) mass is 251 g/mol. The van der Waals surface area contributed by atoms with E-state index in [4.69, 9.17) is 0 Å². The van der Waals surface area contributed by atoms with Gasteiger partial charge in [0, 0.05) is 25.4 Å². The van der Waals surface area contributed by atoms with Crippen molar-refractivity contribution in [3.63, 3.8) is 0 Å². The lowest BCUT2D eigenvalue weighted by Gasteiger charge is -2.38. The summed E-state index contributed by atoms with van der Waals surface area (Å²) in [5.41, 5.74) is 0. The average Bonchev–Trinajstić information content (AvgIpc) is 2.36. The fraction of sp³-hybridized carbons (Fsp3) is 0.938. The molecule has 18 heavy (non-hydrogen) atoms. The average molecular weight is 251 g/mol. The molecular weight excluding hydrogens is 222 g/mol. The van der Waals surface area contributed by atoms with Crippen LogP contribution in [0.25, 0.3) is 0 Å². The van der Waals surface area contributed by atoms with Crippen molar-refractivity contribution in [2.75, 3.05) is 19.6 Å². The SMILES string of the molecule is CCC1CCC(=O)C(CN2CCC(C)C(C)C2)C1. The lowest BCUT2D eigenvalue weighted by molar-refractivity contribution is -0.126. The molecule has 1 heterocycles. The fourth-order valence-electron chi connectivity index (χ4n) is 3.58. The first-order chi connectivity index (χ1) is 8.60. The predicted octanol–water partition coefficient (Wildman–Crippen LogP) is 3.36. The summed E-state index contributed by atoms with van der Waals surface area (Å²) >= 11 is 0. The smallest absolute Gasteiger partial charge is 0.137 e. The minimum atomic E-state index is 0.337. The Labute approximate surface area is 112 Å². The summed E-state index contributed by atoms with van der Waals surface area (Å²) in [5.74, 6) is 3.32. The molecule has 0 amide bonds. The van der Waals surface area contributed by atoms with E-state index < -0.39 is 0 Å². The Hall–Kier alpha value is -0.370. The van der Waals surface area contributed by atoms with Gasteiger partial charge in [-0.1, -0.05) is 27.2 Å². The van der Waals surface area contributed by atoms with Crippen LogP contribution in [0.3, 0.4) is 0 Å². The van der Waals surface area contributed by atoms with E-state index in [0.717, 1.165) is 43.6 Å². The molecule has 104 valence electrons. The van der Waals surface area contributed by atoms with Crippen LogP contribution in [0.5, 0.6) is 0 Å². The molecule has 4 atom stereocenters. The lowest BCUT2D eigenvalue weighted by atomic mass is 9.78. The Kier molecular flexibility index (Phi) is 4.83. The van der Waals surface area contributed by atoms with Crippen molar-refractivity contribution < 1.29 is 4.79 Å². The summed E-state index contributed by atoms with van der Waals surface area (Å²) in [4.78, 5) is 14.6. The first-order valence-corrected chi connectivity index (χ1v) is 7.85. The third kappa shape index (κ3) is 3.34. The summed E-state index contributed by atoms with van der Waals surface area (Å²) in [6.07, 6.45) is 5.68. The normalized spacial score (nSPS) is 38.9. The minimum absolute atomic E-state index is 0.337. The highest BCUT2D eigenvalue weighted by molar-refractivity contribution is 5.81. The van der Waals surface area contributed by atoms with Crippen LogP contribution in [-0.2, 0) is 4.79 Å². The van der Waals surface area contributed by atoms with Gasteiger partial charge < -0.3 is 4.90 Å². The highest BCUT2D eigenvalue weighted by Gasteiger charge is 2.31. The molecule has 1 saturated heterocycles. The fourth-order valence-corrected chi connectivity index (χ4v) is 3.58. The zero-order valence-electron chi connectivity index (χ0n) is 12.3. The van der Waals surface area contributed by atoms with E-state index in [2.05, 4.69) is 25.7 Å². The van der Waals surface area contributed by atoms with E-state index in [1.54, 1.807) is 0 Å². The van der Waals surface area contributed by atoms with E-state index in [-0.39, 0.29) is 0 Å². The number of piperidine rings is 1. The third-order valence-electron chi connectivity index (χ3n) is 5.35. The first-order valence-electron chi connectivity index (χ1n) is 7.85. The van der Waals surface area contributed by atoms with Crippen LogP contribution in [0.15, 0.2) is 0 Å². The Morgan fingerprint density at radius 2 is 2.00 bits per heavy atom. The van der Waals surface area contributed by atoms with Gasteiger partial charge in [0.25, 0.3) is 0 Å². The van der Waals surface area contributed by atoms with Crippen LogP contribution in [0, 0.1) is 23.7 Å². The van der Waals surface area contributed by atoms with Crippen molar-refractivity contribution >= 4 is 5.78 Å². The molecule has 1 saturated carbocycles. The van der Waals surface area contributed by atoms with Gasteiger partial charge >= 0.3 is 0 Å². The van der Waals surface area contributed by atoms with Crippen molar-refractivity contribution in [3.8, 4) is 0 Å². The second kappa shape index (κ2) is 6.18. The molecule has 2 nitrogen and oxygen atoms in total. The number of rotatable bonds is 3. The predicted molar refractivity (Wildman–Crippen MR) is 75.5 cm³/mol. The highest BCUT2D eigenvalue weighted by Crippen LogP contribution is 2.30. The van der Waals surface area contributed by atoms with E-state index in [0.29, 0.717) is 11.7 Å². The van der Waals surface area contributed by atoms with E-state index in [1.165, 1.54) is 25.9 Å². The van der Waals surface area contributed by atoms with Crippen LogP contribution < -0.4 is 0 Å². The lowest BCUT2D eigenvalue weighted by Crippen LogP contribution is -2.43. The summed E-state index contributed by atoms with van der Waals surface area (Å²) in [6, 6.07) is 0. The van der Waals surface area contributed by atoms with Crippen molar-refractivity contribution in [1.82, 2.24) is 4.90 Å². The number of ketones is 1. The molecule has 0 bridgehead atoms. The number of nitrogens with zero attached hydrogens (tertiary/aromatic N) is 1. The summed E-state index contributed by atoms with van der Waals surface area (Å²) in [7, 11) is 0. The van der Waals surface area contributed by atoms with Gasteiger partial charge in [-0.25, -0.2) is 0 Å². The van der Waals surface area contributed by atoms with Gasteiger partial charge in [-0.2, -0.15) is 0 Å². The maximum Gasteiger partial charge on any atom is 0.137 e. The van der Waals surface area contributed by atoms with Gasteiger partial charge in [0.15, 0.2) is 0 Å². The van der Waals surface area contributed by atoms with Crippen molar-refractivity contribution in [1.29, 1.82) is 0 Å². The zero-order valence-corrected chi connectivity index (χ0v) is 12.3. The highest BCUT2D eigenvalue weighted by atomic mass is 16.1. The van der Waals surface area contributed by atoms with Crippen LogP contribution in [0.4, 0.5) is 0 Å². The van der Waals surface area contributed by atoms with Crippen molar-refractivity contribution in [2.24, 2.45) is 23.7 Å². The zero-order chi connectivity index (χ0) is 13.1. The van der Waals surface area contributed by atoms with E-state index >= 15 is 0 Å². The second-order valence-electron chi connectivity index (χ2n) is 6.71. The molecular formula is C16H29NO. The van der Waals surface area contributed by atoms with Crippen LogP contribution in [-0.4, -0.2) is 30.3 Å². The molecule has 0 aromatic rings. The van der Waals surface area contributed by atoms with E-state index in [9.17, 15) is 4.79 Å². The molecule has 2 heteroatoms. The first kappa shape index (κ1) is 14.0. The largest absolute Gasteiger partial charge is 0.302 e. The molecule has 1 aliphatic carbocycles. The van der Waals surface area contributed by atoms with Gasteiger partial charge in [0.05, 0.1) is 0 Å². The number of Topliss-reactive ketones (excluding diaryl/α,β-unsaturated/α-hetero) is 1. The minimum Gasteiger partial charge on any atom is -0.302 e. The van der Waals surface area contributed by atoms with Gasteiger partial charge in [0.1, 0.15) is 5.78 Å². The summed E-state index contributed by atoms with van der Waals surface area (Å²) in [6.45, 7) is 10.4. The summed E-state index contributed by atoms with van der Waals surface area (Å²) < 4.78 is 0. The molecule has 2 aliphatic rings. The molecule has 0 aromatic carbocycles. The Balaban J connectivity index is 1.86. The molecule has 1 aliphatic heterocycles. The topological polar surface area (TPSA) is 20.3 Å². The van der Waals surface area contributed by atoms with Gasteiger partial charge in [0.2, 0.25) is 0 Å². The Morgan fingerprint density at radius 3 is 2.67 bits per heavy atom. The number of hydrogen-bond acceptors (Lipinski definition) is 2. The molecule has 0 radical (unpaired) electrons. The van der Waals surface area contributed by atoms with Gasteiger partial charge in [-0.15, -0.1) is 0 Å². The van der Waals surface area contributed by atoms with Crippen LogP contribution >= 0.6 is 0 Å².